The van der Waals surface area contributed by atoms with Gasteiger partial charge in [0.25, 0.3) is 0 Å². The molecule has 3 rings (SSSR count). The van der Waals surface area contributed by atoms with Crippen LogP contribution < -0.4 is 4.74 Å². The van der Waals surface area contributed by atoms with E-state index in [2.05, 4.69) is 10.1 Å². The smallest absolute Gasteiger partial charge is 0.341 e. The highest BCUT2D eigenvalue weighted by Crippen LogP contribution is 2.23. The van der Waals surface area contributed by atoms with Crippen molar-refractivity contribution in [3.8, 4) is 5.75 Å². The topological polar surface area (TPSA) is 69.6 Å². The van der Waals surface area contributed by atoms with Gasteiger partial charge in [0.1, 0.15) is 24.5 Å². The van der Waals surface area contributed by atoms with Gasteiger partial charge in [-0.15, -0.1) is 0 Å². The minimum absolute atomic E-state index is 0.279. The van der Waals surface area contributed by atoms with Crippen LogP contribution in [0.4, 0.5) is 0 Å². The summed E-state index contributed by atoms with van der Waals surface area (Å²) in [5.41, 5.74) is 2.76. The first-order chi connectivity index (χ1) is 16.2. The number of carbonyl (C=O) groups excluding carboxylic acids is 1. The Bertz CT molecular complexity index is 951. The quantitative estimate of drug-likeness (QED) is 0.127. The van der Waals surface area contributed by atoms with E-state index < -0.39 is 5.97 Å². The first kappa shape index (κ1) is 24.3. The monoisotopic (exact) mass is 452 g/mol. The fourth-order valence-corrected chi connectivity index (χ4v) is 3.71. The lowest BCUT2D eigenvalue weighted by atomic mass is 10.0. The average Bonchev–Trinajstić information content (AvgIpc) is 2.86. The second kappa shape index (κ2) is 13.3. The van der Waals surface area contributed by atoms with Gasteiger partial charge in [0.2, 0.25) is 0 Å². The molecule has 2 aromatic carbocycles. The molecule has 7 heteroatoms. The average molecular weight is 453 g/mol. The summed E-state index contributed by atoms with van der Waals surface area (Å²) in [6, 6.07) is 15.1. The minimum Gasteiger partial charge on any atom is -0.503 e. The van der Waals surface area contributed by atoms with Gasteiger partial charge >= 0.3 is 5.97 Å². The van der Waals surface area contributed by atoms with Crippen molar-refractivity contribution in [1.29, 1.82) is 0 Å². The van der Waals surface area contributed by atoms with E-state index in [1.165, 1.54) is 39.7 Å². The van der Waals surface area contributed by atoms with Gasteiger partial charge in [-0.1, -0.05) is 48.0 Å². The Balaban J connectivity index is 1.56. The molecule has 0 atom stereocenters. The van der Waals surface area contributed by atoms with Gasteiger partial charge in [0.15, 0.2) is 0 Å². The number of carbonyl (C=O) groups is 1. The second-order valence-electron chi connectivity index (χ2n) is 7.75. The third kappa shape index (κ3) is 7.64. The van der Waals surface area contributed by atoms with Crippen LogP contribution in [0.25, 0.3) is 5.57 Å². The number of hydrogen-bond donors (Lipinski definition) is 0. The van der Waals surface area contributed by atoms with Crippen molar-refractivity contribution in [1.82, 2.24) is 4.90 Å². The highest BCUT2D eigenvalue weighted by atomic mass is 16.6. The zero-order valence-corrected chi connectivity index (χ0v) is 19.4. The van der Waals surface area contributed by atoms with Gasteiger partial charge in [-0.05, 0) is 54.8 Å². The molecule has 1 fully saturated rings. The lowest BCUT2D eigenvalue weighted by Crippen LogP contribution is -2.32. The van der Waals surface area contributed by atoms with Crippen LogP contribution in [-0.4, -0.2) is 57.5 Å². The van der Waals surface area contributed by atoms with Crippen LogP contribution in [0.1, 0.15) is 36.0 Å². The Morgan fingerprint density at radius 2 is 1.88 bits per heavy atom. The van der Waals surface area contributed by atoms with E-state index in [1.54, 1.807) is 6.21 Å². The lowest BCUT2D eigenvalue weighted by molar-refractivity contribution is -0.133. The van der Waals surface area contributed by atoms with Gasteiger partial charge in [0, 0.05) is 6.54 Å². The molecule has 1 saturated heterocycles. The summed E-state index contributed by atoms with van der Waals surface area (Å²) >= 11 is 0. The van der Waals surface area contributed by atoms with E-state index in [0.29, 0.717) is 23.5 Å². The van der Waals surface area contributed by atoms with Crippen LogP contribution in [-0.2, 0) is 25.7 Å². The Morgan fingerprint density at radius 1 is 1.06 bits per heavy atom. The largest absolute Gasteiger partial charge is 0.503 e. The van der Waals surface area contributed by atoms with E-state index in [-0.39, 0.29) is 6.61 Å². The number of hydrogen-bond acceptors (Lipinski definition) is 7. The molecule has 0 aliphatic carbocycles. The van der Waals surface area contributed by atoms with E-state index in [9.17, 15) is 4.79 Å². The number of likely N-dealkylation sites (tertiary alicyclic amines) is 1. The standard InChI is InChI=1S/C26H32N2O5/c1-30-20-25(26(29)31-2)24-12-5-4-10-22(24)19-32-23-11-8-9-21(17-23)18-27-33-16-15-28-13-6-3-7-14-28/h4-5,8-12,17-18,20H,3,6-7,13-16,19H2,1-2H3. The molecule has 1 heterocycles. The summed E-state index contributed by atoms with van der Waals surface area (Å²) < 4.78 is 15.9. The second-order valence-corrected chi connectivity index (χ2v) is 7.75. The Kier molecular flexibility index (Phi) is 9.79. The number of oxime groups is 1. The first-order valence-corrected chi connectivity index (χ1v) is 11.2. The van der Waals surface area contributed by atoms with Gasteiger partial charge in [0.05, 0.1) is 26.7 Å². The van der Waals surface area contributed by atoms with Crippen molar-refractivity contribution in [2.24, 2.45) is 5.16 Å². The summed E-state index contributed by atoms with van der Waals surface area (Å²) in [6.45, 7) is 4.07. The third-order valence-electron chi connectivity index (χ3n) is 5.42. The normalized spacial score (nSPS) is 14.8. The van der Waals surface area contributed by atoms with Gasteiger partial charge in [-0.25, -0.2) is 4.79 Å². The fourth-order valence-electron chi connectivity index (χ4n) is 3.71. The maximum atomic E-state index is 12.2. The zero-order chi connectivity index (χ0) is 23.3. The number of methoxy groups -OCH3 is 2. The van der Waals surface area contributed by atoms with Crippen molar-refractivity contribution in [2.45, 2.75) is 25.9 Å². The Labute approximate surface area is 195 Å². The molecule has 2 aromatic rings. The summed E-state index contributed by atoms with van der Waals surface area (Å²) in [4.78, 5) is 20.0. The molecule has 33 heavy (non-hydrogen) atoms. The van der Waals surface area contributed by atoms with Crippen LogP contribution >= 0.6 is 0 Å². The number of esters is 1. The van der Waals surface area contributed by atoms with Crippen molar-refractivity contribution in [2.75, 3.05) is 40.5 Å². The minimum atomic E-state index is -0.470. The van der Waals surface area contributed by atoms with Crippen molar-refractivity contribution in [3.63, 3.8) is 0 Å². The maximum Gasteiger partial charge on any atom is 0.341 e. The van der Waals surface area contributed by atoms with Crippen LogP contribution in [0.5, 0.6) is 5.75 Å². The highest BCUT2D eigenvalue weighted by Gasteiger charge is 2.17. The molecule has 0 amide bonds. The number of benzene rings is 2. The fraction of sp³-hybridized carbons (Fsp3) is 0.385. The van der Waals surface area contributed by atoms with Crippen molar-refractivity contribution < 1.29 is 23.8 Å². The van der Waals surface area contributed by atoms with E-state index in [1.807, 2.05) is 48.5 Å². The van der Waals surface area contributed by atoms with Gasteiger partial charge < -0.3 is 19.0 Å². The molecule has 0 saturated carbocycles. The summed E-state index contributed by atoms with van der Waals surface area (Å²) in [7, 11) is 2.84. The van der Waals surface area contributed by atoms with Crippen LogP contribution in [0, 0.1) is 0 Å². The SMILES string of the molecule is COC=C(C(=O)OC)c1ccccc1COc1cccc(C=NOCCN2CCCCC2)c1. The maximum absolute atomic E-state index is 12.2. The number of rotatable bonds is 11. The van der Waals surface area contributed by atoms with Crippen LogP contribution in [0.3, 0.4) is 0 Å². The lowest BCUT2D eigenvalue weighted by Gasteiger charge is -2.25. The number of piperidine rings is 1. The molecule has 0 aromatic heterocycles. The van der Waals surface area contributed by atoms with Crippen molar-refractivity contribution >= 4 is 17.8 Å². The molecule has 0 spiro atoms. The zero-order valence-electron chi connectivity index (χ0n) is 19.4. The molecule has 1 aliphatic heterocycles. The Hall–Kier alpha value is -3.32. The number of nitrogens with zero attached hydrogens (tertiary/aromatic N) is 2. The molecule has 7 nitrogen and oxygen atoms in total. The third-order valence-corrected chi connectivity index (χ3v) is 5.42. The molecule has 1 aliphatic rings. The summed E-state index contributed by atoms with van der Waals surface area (Å²) in [5, 5.41) is 4.09. The molecular formula is C26H32N2O5. The van der Waals surface area contributed by atoms with E-state index in [0.717, 1.165) is 30.8 Å². The molecule has 0 N–H and O–H groups in total. The highest BCUT2D eigenvalue weighted by molar-refractivity contribution is 6.16. The molecule has 0 bridgehead atoms. The van der Waals surface area contributed by atoms with Crippen molar-refractivity contribution in [3.05, 3.63) is 71.5 Å². The molecule has 176 valence electrons. The van der Waals surface area contributed by atoms with Crippen LogP contribution in [0.15, 0.2) is 59.9 Å². The summed E-state index contributed by atoms with van der Waals surface area (Å²) in [5.74, 6) is 0.222. The Morgan fingerprint density at radius 3 is 2.67 bits per heavy atom. The summed E-state index contributed by atoms with van der Waals surface area (Å²) in [6.07, 6.45) is 6.94. The predicted octanol–water partition coefficient (Wildman–Crippen LogP) is 4.26. The first-order valence-electron chi connectivity index (χ1n) is 11.2. The molecule has 0 radical (unpaired) electrons. The number of ether oxygens (including phenoxy) is 3. The van der Waals surface area contributed by atoms with Gasteiger partial charge in [-0.2, -0.15) is 0 Å². The van der Waals surface area contributed by atoms with Crippen LogP contribution in [0.2, 0.25) is 0 Å². The molecular weight excluding hydrogens is 420 g/mol. The van der Waals surface area contributed by atoms with E-state index in [4.69, 9.17) is 19.0 Å². The van der Waals surface area contributed by atoms with Gasteiger partial charge in [-0.3, -0.25) is 4.90 Å². The van der Waals surface area contributed by atoms with E-state index >= 15 is 0 Å². The molecule has 0 unspecified atom stereocenters. The predicted molar refractivity (Wildman–Crippen MR) is 128 cm³/mol.